The first-order valence-corrected chi connectivity index (χ1v) is 5.51. The van der Waals surface area contributed by atoms with Gasteiger partial charge in [0, 0.05) is 11.8 Å². The highest BCUT2D eigenvalue weighted by atomic mass is 31.0. The van der Waals surface area contributed by atoms with Gasteiger partial charge in [-0.2, -0.15) is 4.99 Å². The van der Waals surface area contributed by atoms with Crippen LogP contribution in [0.25, 0.3) is 0 Å². The van der Waals surface area contributed by atoms with Crippen LogP contribution in [0.5, 0.6) is 0 Å². The average molecular weight is 242 g/mol. The van der Waals surface area contributed by atoms with Gasteiger partial charge in [-0.25, -0.2) is 9.37 Å². The van der Waals surface area contributed by atoms with Crippen molar-refractivity contribution in [1.29, 1.82) is 0 Å². The van der Waals surface area contributed by atoms with Gasteiger partial charge in [0.2, 0.25) is 5.64 Å². The number of aliphatic imine (C=N–C) groups is 1. The van der Waals surface area contributed by atoms with Crippen LogP contribution in [0, 0.1) is 12.7 Å². The van der Waals surface area contributed by atoms with Crippen LogP contribution in [0.1, 0.15) is 26.5 Å². The molecule has 3 nitrogen and oxygen atoms in total. The topological polar surface area (TPSA) is 34.5 Å². The van der Waals surface area contributed by atoms with E-state index in [2.05, 4.69) is 19.2 Å². The van der Waals surface area contributed by atoms with Crippen molar-refractivity contribution in [1.82, 2.24) is 4.98 Å². The van der Waals surface area contributed by atoms with Crippen molar-refractivity contribution in [2.45, 2.75) is 33.3 Å². The van der Waals surface area contributed by atoms with Gasteiger partial charge in [-0.1, -0.05) is 0 Å². The van der Waals surface area contributed by atoms with Gasteiger partial charge in [-0.15, -0.1) is 0 Å². The maximum atomic E-state index is 13.1. The Balaban J connectivity index is 2.90. The summed E-state index contributed by atoms with van der Waals surface area (Å²) in [6.07, 6.45) is 0. The number of hydrogen-bond donors (Lipinski definition) is 0. The lowest BCUT2D eigenvalue weighted by Crippen LogP contribution is -2.20. The van der Waals surface area contributed by atoms with Crippen molar-refractivity contribution in [2.24, 2.45) is 4.99 Å². The second-order valence-corrected chi connectivity index (χ2v) is 4.94. The van der Waals surface area contributed by atoms with Gasteiger partial charge in [0.1, 0.15) is 11.4 Å². The van der Waals surface area contributed by atoms with Crippen molar-refractivity contribution < 1.29 is 9.13 Å². The van der Waals surface area contributed by atoms with Crippen molar-refractivity contribution >= 4 is 20.7 Å². The van der Waals surface area contributed by atoms with Gasteiger partial charge in [0.15, 0.2) is 5.82 Å². The first kappa shape index (κ1) is 13.0. The zero-order chi connectivity index (χ0) is 12.3. The molecule has 0 N–H and O–H groups in total. The Morgan fingerprint density at radius 2 is 2.06 bits per heavy atom. The molecule has 0 radical (unpaired) electrons. The quantitative estimate of drug-likeness (QED) is 0.430. The highest BCUT2D eigenvalue weighted by Crippen LogP contribution is 2.17. The summed E-state index contributed by atoms with van der Waals surface area (Å²) in [5.74, 6) is -0.0356. The molecular weight excluding hydrogens is 226 g/mol. The van der Waals surface area contributed by atoms with E-state index in [1.54, 1.807) is 6.92 Å². The molecule has 0 saturated heterocycles. The minimum Gasteiger partial charge on any atom is -0.472 e. The van der Waals surface area contributed by atoms with Crippen LogP contribution in [0.15, 0.2) is 17.1 Å². The molecule has 1 aromatic rings. The lowest BCUT2D eigenvalue weighted by Gasteiger charge is -2.20. The van der Waals surface area contributed by atoms with Crippen LogP contribution >= 0.6 is 9.24 Å². The van der Waals surface area contributed by atoms with Crippen molar-refractivity contribution in [3.05, 3.63) is 23.6 Å². The molecule has 1 unspecified atom stereocenters. The number of hydrogen-bond acceptors (Lipinski definition) is 3. The first-order chi connectivity index (χ1) is 7.26. The van der Waals surface area contributed by atoms with E-state index in [0.29, 0.717) is 17.2 Å². The average Bonchev–Trinajstić information content (AvgIpc) is 1.96. The van der Waals surface area contributed by atoms with Crippen LogP contribution in [0.4, 0.5) is 10.2 Å². The molecule has 0 aliphatic rings. The highest BCUT2D eigenvalue weighted by Gasteiger charge is 2.12. The monoisotopic (exact) mass is 242 g/mol. The number of aromatic nitrogens is 1. The predicted octanol–water partition coefficient (Wildman–Crippen LogP) is 3.21. The summed E-state index contributed by atoms with van der Waals surface area (Å²) in [5.41, 5.74) is 0.653. The molecule has 0 amide bonds. The van der Waals surface area contributed by atoms with E-state index in [4.69, 9.17) is 4.74 Å². The van der Waals surface area contributed by atoms with Gasteiger partial charge >= 0.3 is 0 Å². The molecule has 1 rings (SSSR count). The third-order valence-electron chi connectivity index (χ3n) is 1.54. The Bertz CT molecular complexity index is 393. The molecule has 88 valence electrons. The molecule has 0 saturated carbocycles. The molecule has 0 spiro atoms. The third kappa shape index (κ3) is 4.67. The maximum absolute atomic E-state index is 13.1. The fourth-order valence-electron chi connectivity index (χ4n) is 1.12. The number of halogens is 1. The fraction of sp³-hybridized carbons (Fsp3) is 0.455. The maximum Gasteiger partial charge on any atom is 0.206 e. The second kappa shape index (κ2) is 4.88. The Labute approximate surface area is 97.3 Å². The van der Waals surface area contributed by atoms with E-state index >= 15 is 0 Å². The zero-order valence-corrected chi connectivity index (χ0v) is 11.1. The summed E-state index contributed by atoms with van der Waals surface area (Å²) in [7, 11) is 2.37. The Morgan fingerprint density at radius 1 is 1.44 bits per heavy atom. The molecule has 5 heteroatoms. The Morgan fingerprint density at radius 3 is 2.56 bits per heavy atom. The molecule has 1 aromatic heterocycles. The lowest BCUT2D eigenvalue weighted by atomic mass is 10.2. The van der Waals surface area contributed by atoms with E-state index in [9.17, 15) is 4.39 Å². The summed E-state index contributed by atoms with van der Waals surface area (Å²) >= 11 is 0. The zero-order valence-electron chi connectivity index (χ0n) is 9.91. The molecule has 0 fully saturated rings. The summed E-state index contributed by atoms with van der Waals surface area (Å²) < 4.78 is 18.5. The molecule has 0 bridgehead atoms. The largest absolute Gasteiger partial charge is 0.472 e. The van der Waals surface area contributed by atoms with Gasteiger partial charge < -0.3 is 4.74 Å². The van der Waals surface area contributed by atoms with Crippen LogP contribution < -0.4 is 0 Å². The van der Waals surface area contributed by atoms with Gasteiger partial charge in [0.05, 0.1) is 0 Å². The SMILES string of the molecule is Cc1cc(F)cc(N=C(P)OC(C)(C)C)n1. The number of ether oxygens (including phenoxy) is 1. The fourth-order valence-corrected chi connectivity index (χ4v) is 1.60. The smallest absolute Gasteiger partial charge is 0.206 e. The van der Waals surface area contributed by atoms with E-state index in [1.807, 2.05) is 20.8 Å². The van der Waals surface area contributed by atoms with Gasteiger partial charge in [-0.3, -0.25) is 0 Å². The van der Waals surface area contributed by atoms with E-state index < -0.39 is 0 Å². The molecule has 0 aliphatic carbocycles. The standard InChI is InChI=1S/C11H16FN2OP/c1-7-5-8(12)6-9(13-7)14-10(16)15-11(2,3)4/h5-6H,16H2,1-4H3. The van der Waals surface area contributed by atoms with Crippen molar-refractivity contribution in [3.63, 3.8) is 0 Å². The van der Waals surface area contributed by atoms with Crippen LogP contribution in [-0.2, 0) is 4.74 Å². The van der Waals surface area contributed by atoms with E-state index in [1.165, 1.54) is 12.1 Å². The number of aryl methyl sites for hydroxylation is 1. The molecule has 1 heterocycles. The van der Waals surface area contributed by atoms with E-state index in [0.717, 1.165) is 0 Å². The van der Waals surface area contributed by atoms with Gasteiger partial charge in [0.25, 0.3) is 0 Å². The van der Waals surface area contributed by atoms with Crippen molar-refractivity contribution in [3.8, 4) is 0 Å². The van der Waals surface area contributed by atoms with E-state index in [-0.39, 0.29) is 11.4 Å². The van der Waals surface area contributed by atoms with Crippen LogP contribution in [0.3, 0.4) is 0 Å². The minimum atomic E-state index is -0.347. The molecule has 0 aromatic carbocycles. The number of rotatable bonds is 1. The molecule has 1 atom stereocenters. The molecule has 16 heavy (non-hydrogen) atoms. The normalized spacial score (nSPS) is 12.8. The van der Waals surface area contributed by atoms with Crippen LogP contribution in [-0.4, -0.2) is 16.2 Å². The minimum absolute atomic E-state index is 0.312. The lowest BCUT2D eigenvalue weighted by molar-refractivity contribution is 0.123. The molecular formula is C11H16FN2OP. The molecule has 0 aliphatic heterocycles. The predicted molar refractivity (Wildman–Crippen MR) is 66.6 cm³/mol. The number of pyridine rings is 1. The summed E-state index contributed by atoms with van der Waals surface area (Å²) in [4.78, 5) is 8.16. The summed E-state index contributed by atoms with van der Waals surface area (Å²) in [6, 6.07) is 2.62. The van der Waals surface area contributed by atoms with Crippen LogP contribution in [0.2, 0.25) is 0 Å². The Kier molecular flexibility index (Phi) is 3.98. The summed E-state index contributed by atoms with van der Waals surface area (Å²) in [6.45, 7) is 7.46. The summed E-state index contributed by atoms with van der Waals surface area (Å²) in [5, 5.41) is 0. The highest BCUT2D eigenvalue weighted by molar-refractivity contribution is 7.39. The first-order valence-electron chi connectivity index (χ1n) is 4.94. The Hall–Kier alpha value is -1.02. The number of nitrogens with zero attached hydrogens (tertiary/aromatic N) is 2. The van der Waals surface area contributed by atoms with Crippen molar-refractivity contribution in [2.75, 3.05) is 0 Å². The second-order valence-electron chi connectivity index (χ2n) is 4.45. The third-order valence-corrected chi connectivity index (χ3v) is 1.79. The van der Waals surface area contributed by atoms with Gasteiger partial charge in [-0.05, 0) is 43.0 Å².